The third-order valence-corrected chi connectivity index (χ3v) is 2.78. The van der Waals surface area contributed by atoms with E-state index in [1.54, 1.807) is 0 Å². The van der Waals surface area contributed by atoms with Crippen LogP contribution < -0.4 is 0 Å². The van der Waals surface area contributed by atoms with Gasteiger partial charge in [-0.1, -0.05) is 39.5 Å². The van der Waals surface area contributed by atoms with Gasteiger partial charge in [-0.15, -0.1) is 0 Å². The first kappa shape index (κ1) is 40.1. The molecule has 0 amide bonds. The van der Waals surface area contributed by atoms with Gasteiger partial charge in [0.25, 0.3) is 0 Å². The fourth-order valence-corrected chi connectivity index (χ4v) is 1.05. The van der Waals surface area contributed by atoms with Crippen molar-refractivity contribution in [1.82, 2.24) is 0 Å². The molecule has 10 nitrogen and oxygen atoms in total. The van der Waals surface area contributed by atoms with E-state index in [4.69, 9.17) is 40.9 Å². The molecule has 0 rings (SSSR count). The van der Waals surface area contributed by atoms with Crippen LogP contribution in [0.15, 0.2) is 0 Å². The van der Waals surface area contributed by atoms with Crippen molar-refractivity contribution in [2.75, 3.05) is 19.8 Å². The number of hydrogen-bond acceptors (Lipinski definition) is 8. The van der Waals surface area contributed by atoms with E-state index in [-0.39, 0.29) is 19.8 Å². The van der Waals surface area contributed by atoms with Gasteiger partial charge < -0.3 is 40.9 Å². The van der Waals surface area contributed by atoms with Crippen molar-refractivity contribution in [2.45, 2.75) is 104 Å². The summed E-state index contributed by atoms with van der Waals surface area (Å²) in [6.45, 7) is 8.28. The average Bonchev–Trinajstić information content (AvgIpc) is 2.69. The number of unbranched alkanes of at least 4 members (excludes halogenated alkanes) is 4. The Hall–Kier alpha value is -1.30. The highest BCUT2D eigenvalue weighted by Crippen LogP contribution is 1.97. The summed E-state index contributed by atoms with van der Waals surface area (Å²) in [7, 11) is 0. The largest absolute Gasteiger partial charge is 0.481 e. The Labute approximate surface area is 187 Å². The molecule has 0 aromatic carbocycles. The minimum absolute atomic E-state index is 0.139. The molecule has 0 saturated heterocycles. The SMILES string of the molecule is CC(O)CO.CC(O)CO.CC(O)CO.CCCCCC(=O)O.CCCCCC(=O)O. The topological polar surface area (TPSA) is 196 Å². The molecule has 0 aromatic rings. The molecule has 0 radical (unpaired) electrons. The average molecular weight is 461 g/mol. The molecule has 0 heterocycles. The summed E-state index contributed by atoms with van der Waals surface area (Å²) < 4.78 is 0. The lowest BCUT2D eigenvalue weighted by atomic mass is 10.2. The van der Waals surface area contributed by atoms with Crippen LogP contribution in [-0.2, 0) is 9.59 Å². The molecule has 3 atom stereocenters. The molecule has 0 aliphatic heterocycles. The summed E-state index contributed by atoms with van der Waals surface area (Å²) in [5.74, 6) is -1.36. The zero-order valence-electron chi connectivity index (χ0n) is 19.9. The van der Waals surface area contributed by atoms with E-state index in [1.807, 2.05) is 0 Å². The first-order valence-corrected chi connectivity index (χ1v) is 10.7. The van der Waals surface area contributed by atoms with Crippen LogP contribution in [0.25, 0.3) is 0 Å². The molecule has 0 aromatic heterocycles. The van der Waals surface area contributed by atoms with Crippen LogP contribution in [0.4, 0.5) is 0 Å². The van der Waals surface area contributed by atoms with Crippen molar-refractivity contribution in [1.29, 1.82) is 0 Å². The Morgan fingerprint density at radius 1 is 0.581 bits per heavy atom. The van der Waals surface area contributed by atoms with E-state index in [1.165, 1.54) is 20.8 Å². The van der Waals surface area contributed by atoms with E-state index >= 15 is 0 Å². The normalized spacial score (nSPS) is 12.0. The van der Waals surface area contributed by atoms with Gasteiger partial charge >= 0.3 is 11.9 Å². The summed E-state index contributed by atoms with van der Waals surface area (Å²) in [5.41, 5.74) is 0. The fourth-order valence-electron chi connectivity index (χ4n) is 1.05. The fraction of sp³-hybridized carbons (Fsp3) is 0.905. The van der Waals surface area contributed by atoms with Crippen LogP contribution in [0.1, 0.15) is 86.0 Å². The van der Waals surface area contributed by atoms with E-state index in [2.05, 4.69) is 13.8 Å². The van der Waals surface area contributed by atoms with Crippen molar-refractivity contribution in [3.8, 4) is 0 Å². The molecule has 31 heavy (non-hydrogen) atoms. The number of aliphatic hydroxyl groups excluding tert-OH is 6. The highest BCUT2D eigenvalue weighted by Gasteiger charge is 1.93. The summed E-state index contributed by atoms with van der Waals surface area (Å²) in [5, 5.41) is 64.3. The van der Waals surface area contributed by atoms with Gasteiger partial charge in [0, 0.05) is 12.8 Å². The Morgan fingerprint density at radius 2 is 0.774 bits per heavy atom. The molecule has 0 saturated carbocycles. The predicted octanol–water partition coefficient (Wildman–Crippen LogP) is 1.38. The monoisotopic (exact) mass is 460 g/mol. The molecular formula is C21H48O10. The number of carboxylic acids is 2. The second-order valence-corrected chi connectivity index (χ2v) is 6.80. The Balaban J connectivity index is -0.0000000928. The lowest BCUT2D eigenvalue weighted by Crippen LogP contribution is -2.03. The summed E-state index contributed by atoms with van der Waals surface area (Å²) >= 11 is 0. The van der Waals surface area contributed by atoms with Gasteiger partial charge in [-0.3, -0.25) is 9.59 Å². The molecule has 3 unspecified atom stereocenters. The number of rotatable bonds is 11. The molecule has 0 fully saturated rings. The van der Waals surface area contributed by atoms with Crippen LogP contribution in [-0.4, -0.2) is 90.9 Å². The lowest BCUT2D eigenvalue weighted by molar-refractivity contribution is -0.138. The number of hydrogen-bond donors (Lipinski definition) is 8. The zero-order chi connectivity index (χ0) is 25.7. The highest BCUT2D eigenvalue weighted by molar-refractivity contribution is 5.66. The molecule has 10 heteroatoms. The molecule has 0 aliphatic carbocycles. The Morgan fingerprint density at radius 3 is 0.871 bits per heavy atom. The van der Waals surface area contributed by atoms with Crippen molar-refractivity contribution in [3.05, 3.63) is 0 Å². The quantitative estimate of drug-likeness (QED) is 0.208. The van der Waals surface area contributed by atoms with E-state index in [9.17, 15) is 9.59 Å². The van der Waals surface area contributed by atoms with Gasteiger partial charge in [0.05, 0.1) is 38.1 Å². The first-order chi connectivity index (χ1) is 14.4. The first-order valence-electron chi connectivity index (χ1n) is 10.7. The second kappa shape index (κ2) is 36.1. The summed E-state index contributed by atoms with van der Waals surface area (Å²) in [4.78, 5) is 19.7. The zero-order valence-corrected chi connectivity index (χ0v) is 19.9. The predicted molar refractivity (Wildman–Crippen MR) is 120 cm³/mol. The highest BCUT2D eigenvalue weighted by atomic mass is 16.4. The van der Waals surface area contributed by atoms with Crippen LogP contribution in [0.5, 0.6) is 0 Å². The van der Waals surface area contributed by atoms with Gasteiger partial charge in [0.1, 0.15) is 0 Å². The smallest absolute Gasteiger partial charge is 0.303 e. The molecule has 0 spiro atoms. The third-order valence-electron chi connectivity index (χ3n) is 2.78. The molecule has 192 valence electrons. The minimum atomic E-state index is -0.682. The maximum Gasteiger partial charge on any atom is 0.303 e. The van der Waals surface area contributed by atoms with Crippen LogP contribution in [0.2, 0.25) is 0 Å². The van der Waals surface area contributed by atoms with Gasteiger partial charge in [-0.05, 0) is 33.6 Å². The number of aliphatic carboxylic acids is 2. The van der Waals surface area contributed by atoms with Crippen LogP contribution in [0.3, 0.4) is 0 Å². The van der Waals surface area contributed by atoms with Crippen molar-refractivity contribution in [2.24, 2.45) is 0 Å². The molecule has 0 aliphatic rings. The van der Waals surface area contributed by atoms with Gasteiger partial charge in [-0.2, -0.15) is 0 Å². The van der Waals surface area contributed by atoms with Crippen molar-refractivity contribution < 1.29 is 50.4 Å². The maximum absolute atomic E-state index is 9.87. The summed E-state index contributed by atoms with van der Waals surface area (Å²) in [6, 6.07) is 0. The van der Waals surface area contributed by atoms with Crippen LogP contribution >= 0.6 is 0 Å². The second-order valence-electron chi connectivity index (χ2n) is 6.80. The van der Waals surface area contributed by atoms with Gasteiger partial charge in [0.15, 0.2) is 0 Å². The summed E-state index contributed by atoms with van der Waals surface area (Å²) in [6.07, 6.45) is 4.87. The third kappa shape index (κ3) is 94.7. The number of aliphatic hydroxyl groups is 6. The maximum atomic E-state index is 9.87. The van der Waals surface area contributed by atoms with E-state index in [0.717, 1.165) is 38.5 Å². The van der Waals surface area contributed by atoms with Gasteiger partial charge in [-0.25, -0.2) is 0 Å². The van der Waals surface area contributed by atoms with Crippen molar-refractivity contribution >= 4 is 11.9 Å². The Bertz CT molecular complexity index is 295. The standard InChI is InChI=1S/2C6H12O2.3C3H8O2/c2*1-2-3-4-5-6(7)8;3*1-3(5)2-4/h2*2-5H2,1H3,(H,7,8);3*3-5H,2H2,1H3. The van der Waals surface area contributed by atoms with E-state index in [0.29, 0.717) is 12.8 Å². The molecular weight excluding hydrogens is 412 g/mol. The molecule has 0 bridgehead atoms. The van der Waals surface area contributed by atoms with Crippen molar-refractivity contribution in [3.63, 3.8) is 0 Å². The van der Waals surface area contributed by atoms with Gasteiger partial charge in [0.2, 0.25) is 0 Å². The van der Waals surface area contributed by atoms with E-state index < -0.39 is 30.3 Å². The minimum Gasteiger partial charge on any atom is -0.481 e. The molecule has 8 N–H and O–H groups in total. The number of carboxylic acid groups (broad SMARTS) is 2. The Kier molecular flexibility index (Phi) is 46.7. The van der Waals surface area contributed by atoms with Crippen LogP contribution in [0, 0.1) is 0 Å². The lowest BCUT2D eigenvalue weighted by Gasteiger charge is -1.90. The number of carbonyl (C=O) groups is 2.